The van der Waals surface area contributed by atoms with Crippen LogP contribution in [0.5, 0.6) is 0 Å². The van der Waals surface area contributed by atoms with E-state index in [1.54, 1.807) is 13.2 Å². The van der Waals surface area contributed by atoms with Gasteiger partial charge >= 0.3 is 0 Å². The Labute approximate surface area is 103 Å². The van der Waals surface area contributed by atoms with Crippen molar-refractivity contribution in [3.8, 4) is 0 Å². The summed E-state index contributed by atoms with van der Waals surface area (Å²) in [5, 5.41) is 3.22. The third-order valence-corrected chi connectivity index (χ3v) is 3.24. The van der Waals surface area contributed by atoms with E-state index in [1.165, 1.54) is 11.3 Å². The minimum Gasteiger partial charge on any atom is -0.469 e. The number of nitrogen functional groups attached to an aromatic ring is 1. The van der Waals surface area contributed by atoms with Crippen LogP contribution in [0.1, 0.15) is 21.1 Å². The Morgan fingerprint density at radius 3 is 3.06 bits per heavy atom. The van der Waals surface area contributed by atoms with Crippen molar-refractivity contribution in [3.05, 3.63) is 34.7 Å². The number of nitrogens with one attached hydrogen (secondary N) is 1. The van der Waals surface area contributed by atoms with Gasteiger partial charge in [-0.1, -0.05) is 11.3 Å². The van der Waals surface area contributed by atoms with E-state index in [-0.39, 0.29) is 5.91 Å². The normalized spacial score (nSPS) is 10.4. The molecule has 0 unspecified atom stereocenters. The van der Waals surface area contributed by atoms with Crippen LogP contribution in [0, 0.1) is 6.92 Å². The zero-order valence-corrected chi connectivity index (χ0v) is 10.2. The highest BCUT2D eigenvalue weighted by molar-refractivity contribution is 7.17. The second-order valence-electron chi connectivity index (χ2n) is 3.55. The number of carbonyl (C=O) groups excluding carboxylic acids is 1. The summed E-state index contributed by atoms with van der Waals surface area (Å²) in [5.41, 5.74) is 6.20. The summed E-state index contributed by atoms with van der Waals surface area (Å²) >= 11 is 1.20. The molecule has 0 atom stereocenters. The van der Waals surface area contributed by atoms with E-state index >= 15 is 0 Å². The van der Waals surface area contributed by atoms with Gasteiger partial charge in [0, 0.05) is 13.0 Å². The van der Waals surface area contributed by atoms with E-state index < -0.39 is 0 Å². The summed E-state index contributed by atoms with van der Waals surface area (Å²) in [6.45, 7) is 2.30. The molecule has 0 aliphatic rings. The topological polar surface area (TPSA) is 81.1 Å². The van der Waals surface area contributed by atoms with Gasteiger partial charge in [-0.15, -0.1) is 0 Å². The van der Waals surface area contributed by atoms with Gasteiger partial charge in [-0.05, 0) is 19.1 Å². The number of hydrogen-bond donors (Lipinski definition) is 2. The zero-order chi connectivity index (χ0) is 12.3. The van der Waals surface area contributed by atoms with E-state index in [9.17, 15) is 4.79 Å². The van der Waals surface area contributed by atoms with Crippen molar-refractivity contribution in [2.24, 2.45) is 0 Å². The van der Waals surface area contributed by atoms with Crippen LogP contribution >= 0.6 is 11.3 Å². The molecule has 0 aliphatic carbocycles. The predicted octanol–water partition coefficient (Wildman–Crippen LogP) is 1.60. The smallest absolute Gasteiger partial charge is 0.263 e. The molecular formula is C11H13N3O2S. The van der Waals surface area contributed by atoms with Crippen molar-refractivity contribution in [2.45, 2.75) is 13.3 Å². The van der Waals surface area contributed by atoms with Gasteiger partial charge in [0.2, 0.25) is 0 Å². The first kappa shape index (κ1) is 11.7. The van der Waals surface area contributed by atoms with E-state index in [0.29, 0.717) is 28.7 Å². The summed E-state index contributed by atoms with van der Waals surface area (Å²) in [4.78, 5) is 16.4. The summed E-state index contributed by atoms with van der Waals surface area (Å²) in [5.74, 6) is 0.717. The molecule has 2 aromatic heterocycles. The van der Waals surface area contributed by atoms with Crippen molar-refractivity contribution < 1.29 is 9.21 Å². The Kier molecular flexibility index (Phi) is 3.43. The maximum Gasteiger partial charge on any atom is 0.263 e. The molecule has 0 bridgehead atoms. The zero-order valence-electron chi connectivity index (χ0n) is 9.40. The van der Waals surface area contributed by atoms with Gasteiger partial charge < -0.3 is 15.5 Å². The Bertz CT molecular complexity index is 505. The van der Waals surface area contributed by atoms with Crippen LogP contribution in [-0.4, -0.2) is 17.4 Å². The fourth-order valence-corrected chi connectivity index (χ4v) is 2.21. The molecule has 2 rings (SSSR count). The fraction of sp³-hybridized carbons (Fsp3) is 0.273. The van der Waals surface area contributed by atoms with Gasteiger partial charge in [0.25, 0.3) is 5.91 Å². The Balaban J connectivity index is 1.87. The number of furan rings is 1. The molecule has 0 saturated carbocycles. The first-order chi connectivity index (χ1) is 8.16. The first-order valence-electron chi connectivity index (χ1n) is 5.20. The number of nitrogens with zero attached hydrogens (tertiary/aromatic N) is 1. The van der Waals surface area contributed by atoms with Crippen molar-refractivity contribution >= 4 is 22.4 Å². The molecule has 0 fully saturated rings. The van der Waals surface area contributed by atoms with Crippen LogP contribution in [0.25, 0.3) is 0 Å². The Morgan fingerprint density at radius 2 is 2.47 bits per heavy atom. The van der Waals surface area contributed by atoms with Crippen LogP contribution in [-0.2, 0) is 6.42 Å². The highest BCUT2D eigenvalue weighted by atomic mass is 32.1. The van der Waals surface area contributed by atoms with Gasteiger partial charge in [-0.3, -0.25) is 4.79 Å². The number of nitrogens with two attached hydrogens (primary N) is 1. The molecule has 0 aromatic carbocycles. The lowest BCUT2D eigenvalue weighted by atomic mass is 10.3. The molecule has 17 heavy (non-hydrogen) atoms. The average Bonchev–Trinajstić information content (AvgIpc) is 2.88. The van der Waals surface area contributed by atoms with Gasteiger partial charge in [0.05, 0.1) is 12.0 Å². The van der Waals surface area contributed by atoms with Crippen LogP contribution < -0.4 is 11.1 Å². The number of amides is 1. The number of anilines is 1. The standard InChI is InChI=1S/C11H13N3O2S/c1-7-9(17-11(12)14-7)10(15)13-5-4-8-3-2-6-16-8/h2-3,6H,4-5H2,1H3,(H2,12,14)(H,13,15). The SMILES string of the molecule is Cc1nc(N)sc1C(=O)NCCc1ccco1. The molecule has 2 heterocycles. The highest BCUT2D eigenvalue weighted by Crippen LogP contribution is 2.19. The number of aromatic nitrogens is 1. The monoisotopic (exact) mass is 251 g/mol. The molecular weight excluding hydrogens is 238 g/mol. The lowest BCUT2D eigenvalue weighted by Gasteiger charge is -2.02. The van der Waals surface area contributed by atoms with Gasteiger partial charge in [0.1, 0.15) is 10.6 Å². The molecule has 0 aliphatic heterocycles. The minimum absolute atomic E-state index is 0.136. The molecule has 0 spiro atoms. The van der Waals surface area contributed by atoms with Crippen molar-refractivity contribution in [1.29, 1.82) is 0 Å². The van der Waals surface area contributed by atoms with E-state index in [2.05, 4.69) is 10.3 Å². The number of thiazole rings is 1. The Morgan fingerprint density at radius 1 is 1.65 bits per heavy atom. The van der Waals surface area contributed by atoms with Gasteiger partial charge in [-0.25, -0.2) is 4.98 Å². The minimum atomic E-state index is -0.136. The summed E-state index contributed by atoms with van der Waals surface area (Å²) in [7, 11) is 0. The van der Waals surface area contributed by atoms with E-state index in [0.717, 1.165) is 5.76 Å². The number of carbonyl (C=O) groups is 1. The van der Waals surface area contributed by atoms with E-state index in [1.807, 2.05) is 12.1 Å². The lowest BCUT2D eigenvalue weighted by molar-refractivity contribution is 0.0957. The van der Waals surface area contributed by atoms with Gasteiger partial charge in [-0.2, -0.15) is 0 Å². The van der Waals surface area contributed by atoms with Crippen LogP contribution in [0.15, 0.2) is 22.8 Å². The summed E-state index contributed by atoms with van der Waals surface area (Å²) in [6, 6.07) is 3.70. The first-order valence-corrected chi connectivity index (χ1v) is 6.02. The molecule has 2 aromatic rings. The largest absolute Gasteiger partial charge is 0.469 e. The molecule has 90 valence electrons. The second kappa shape index (κ2) is 5.01. The van der Waals surface area contributed by atoms with Crippen LogP contribution in [0.3, 0.4) is 0 Å². The van der Waals surface area contributed by atoms with E-state index in [4.69, 9.17) is 10.2 Å². The van der Waals surface area contributed by atoms with Crippen LogP contribution in [0.4, 0.5) is 5.13 Å². The predicted molar refractivity (Wildman–Crippen MR) is 66.0 cm³/mol. The number of rotatable bonds is 4. The van der Waals surface area contributed by atoms with Crippen molar-refractivity contribution in [3.63, 3.8) is 0 Å². The van der Waals surface area contributed by atoms with Crippen molar-refractivity contribution in [1.82, 2.24) is 10.3 Å². The summed E-state index contributed by atoms with van der Waals surface area (Å²) < 4.78 is 5.17. The maximum absolute atomic E-state index is 11.8. The molecule has 0 radical (unpaired) electrons. The van der Waals surface area contributed by atoms with Crippen molar-refractivity contribution in [2.75, 3.05) is 12.3 Å². The quantitative estimate of drug-likeness (QED) is 0.864. The maximum atomic E-state index is 11.8. The van der Waals surface area contributed by atoms with Gasteiger partial charge in [0.15, 0.2) is 5.13 Å². The summed E-state index contributed by atoms with van der Waals surface area (Å²) in [6.07, 6.45) is 2.29. The number of aryl methyl sites for hydroxylation is 1. The Hall–Kier alpha value is -1.82. The highest BCUT2D eigenvalue weighted by Gasteiger charge is 2.13. The lowest BCUT2D eigenvalue weighted by Crippen LogP contribution is -2.25. The molecule has 3 N–H and O–H groups in total. The third kappa shape index (κ3) is 2.85. The number of hydrogen-bond acceptors (Lipinski definition) is 5. The molecule has 6 heteroatoms. The third-order valence-electron chi connectivity index (χ3n) is 2.26. The molecule has 5 nitrogen and oxygen atoms in total. The fourth-order valence-electron chi connectivity index (χ4n) is 1.46. The molecule has 1 amide bonds. The average molecular weight is 251 g/mol. The second-order valence-corrected chi connectivity index (χ2v) is 4.58. The molecule has 0 saturated heterocycles. The van der Waals surface area contributed by atoms with Crippen LogP contribution in [0.2, 0.25) is 0 Å².